The van der Waals surface area contributed by atoms with E-state index in [1.165, 1.54) is 12.1 Å². The van der Waals surface area contributed by atoms with Gasteiger partial charge in [-0.1, -0.05) is 34.8 Å². The van der Waals surface area contributed by atoms with Gasteiger partial charge in [-0.05, 0) is 26.0 Å². The number of benzene rings is 1. The van der Waals surface area contributed by atoms with E-state index in [4.69, 9.17) is 44.3 Å². The average molecular weight is 352 g/mol. The molecule has 7 heteroatoms. The lowest BCUT2D eigenvalue weighted by atomic mass is 10.0. The molecule has 0 bridgehead atoms. The molecule has 0 N–H and O–H groups in total. The Bertz CT molecular complexity index is 582. The maximum absolute atomic E-state index is 12.4. The van der Waals surface area contributed by atoms with Crippen LogP contribution in [0.3, 0.4) is 0 Å². The molecule has 1 aromatic carbocycles. The summed E-state index contributed by atoms with van der Waals surface area (Å²) >= 11 is 17.6. The van der Waals surface area contributed by atoms with Crippen molar-refractivity contribution in [3.8, 4) is 0 Å². The Morgan fingerprint density at radius 1 is 1.05 bits per heavy atom. The third-order valence-corrected chi connectivity index (χ3v) is 3.40. The highest BCUT2D eigenvalue weighted by Gasteiger charge is 2.24. The summed E-state index contributed by atoms with van der Waals surface area (Å²) in [5, 5.41) is 0.454. The zero-order valence-corrected chi connectivity index (χ0v) is 13.7. The number of hydrogen-bond acceptors (Lipinski definition) is 4. The van der Waals surface area contributed by atoms with Crippen LogP contribution in [0, 0.1) is 0 Å². The fraction of sp³-hybridized carbons (Fsp3) is 0.286. The molecule has 1 aromatic rings. The maximum atomic E-state index is 12.4. The lowest BCUT2D eigenvalue weighted by molar-refractivity contribution is -0.138. The van der Waals surface area contributed by atoms with E-state index in [2.05, 4.69) is 0 Å². The SMILES string of the molecule is CCO/C=C(\C(=O)OCC)C(=O)c1cc(Cl)c(Cl)cc1Cl. The normalized spacial score (nSPS) is 11.2. The summed E-state index contributed by atoms with van der Waals surface area (Å²) < 4.78 is 9.84. The number of carbonyl (C=O) groups is 2. The van der Waals surface area contributed by atoms with Crippen molar-refractivity contribution < 1.29 is 19.1 Å². The molecule has 0 amide bonds. The van der Waals surface area contributed by atoms with Crippen LogP contribution >= 0.6 is 34.8 Å². The number of rotatable bonds is 6. The smallest absolute Gasteiger partial charge is 0.345 e. The standard InChI is InChI=1S/C14H13Cl3O4/c1-3-20-7-9(14(19)21-4-2)13(18)8-5-11(16)12(17)6-10(8)15/h5-7H,3-4H2,1-2H3/b9-7-. The van der Waals surface area contributed by atoms with E-state index in [9.17, 15) is 9.59 Å². The predicted octanol–water partition coefficient (Wildman–Crippen LogP) is 4.31. The molecule has 0 aromatic heterocycles. The highest BCUT2D eigenvalue weighted by atomic mass is 35.5. The van der Waals surface area contributed by atoms with Crippen LogP contribution in [0.15, 0.2) is 24.0 Å². The van der Waals surface area contributed by atoms with Crippen molar-refractivity contribution in [1.29, 1.82) is 0 Å². The van der Waals surface area contributed by atoms with Crippen LogP contribution in [0.25, 0.3) is 0 Å². The minimum absolute atomic E-state index is 0.0464. The second-order valence-corrected chi connectivity index (χ2v) is 5.00. The second kappa shape index (κ2) is 8.27. The van der Waals surface area contributed by atoms with Crippen LogP contribution < -0.4 is 0 Å². The third kappa shape index (κ3) is 4.63. The van der Waals surface area contributed by atoms with Gasteiger partial charge in [0.15, 0.2) is 0 Å². The van der Waals surface area contributed by atoms with Gasteiger partial charge in [-0.2, -0.15) is 0 Å². The lowest BCUT2D eigenvalue weighted by Gasteiger charge is -2.09. The molecule has 0 unspecified atom stereocenters. The Labute approximate surface area is 137 Å². The summed E-state index contributed by atoms with van der Waals surface area (Å²) in [4.78, 5) is 24.2. The van der Waals surface area contributed by atoms with E-state index in [1.54, 1.807) is 13.8 Å². The van der Waals surface area contributed by atoms with Gasteiger partial charge >= 0.3 is 5.97 Å². The molecule has 4 nitrogen and oxygen atoms in total. The molecule has 1 rings (SSSR count). The molecule has 114 valence electrons. The van der Waals surface area contributed by atoms with Crippen LogP contribution in [0.2, 0.25) is 15.1 Å². The first-order chi connectivity index (χ1) is 9.92. The zero-order chi connectivity index (χ0) is 16.0. The van der Waals surface area contributed by atoms with E-state index < -0.39 is 11.8 Å². The minimum atomic E-state index is -0.793. The van der Waals surface area contributed by atoms with Crippen molar-refractivity contribution in [3.05, 3.63) is 44.6 Å². The molecule has 0 atom stereocenters. The van der Waals surface area contributed by atoms with Crippen molar-refractivity contribution in [1.82, 2.24) is 0 Å². The van der Waals surface area contributed by atoms with Gasteiger partial charge in [-0.3, -0.25) is 4.79 Å². The molecule has 0 aliphatic carbocycles. The molecule has 0 saturated heterocycles. The molecule has 0 aliphatic heterocycles. The second-order valence-electron chi connectivity index (χ2n) is 3.78. The third-order valence-electron chi connectivity index (χ3n) is 2.36. The number of ketones is 1. The van der Waals surface area contributed by atoms with E-state index in [0.717, 1.165) is 6.26 Å². The molecular weight excluding hydrogens is 339 g/mol. The van der Waals surface area contributed by atoms with Crippen LogP contribution in [-0.4, -0.2) is 25.0 Å². The first kappa shape index (κ1) is 17.8. The molecule has 0 fully saturated rings. The summed E-state index contributed by atoms with van der Waals surface area (Å²) in [6.07, 6.45) is 1.05. The Balaban J connectivity index is 3.23. The Hall–Kier alpha value is -1.23. The first-order valence-electron chi connectivity index (χ1n) is 6.10. The molecule has 0 saturated carbocycles. The average Bonchev–Trinajstić information content (AvgIpc) is 2.43. The number of ether oxygens (including phenoxy) is 2. The van der Waals surface area contributed by atoms with Gasteiger partial charge in [-0.15, -0.1) is 0 Å². The molecule has 0 spiro atoms. The summed E-state index contributed by atoms with van der Waals surface area (Å²) in [5.74, 6) is -1.44. The van der Waals surface area contributed by atoms with Gasteiger partial charge in [0.05, 0.1) is 28.3 Å². The van der Waals surface area contributed by atoms with Gasteiger partial charge in [0.1, 0.15) is 11.8 Å². The highest BCUT2D eigenvalue weighted by molar-refractivity contribution is 6.44. The van der Waals surface area contributed by atoms with Crippen molar-refractivity contribution >= 4 is 46.6 Å². The molecular formula is C14H13Cl3O4. The summed E-state index contributed by atoms with van der Waals surface area (Å²) in [6, 6.07) is 2.63. The number of hydrogen-bond donors (Lipinski definition) is 0. The van der Waals surface area contributed by atoms with Gasteiger partial charge in [0.2, 0.25) is 5.78 Å². The molecule has 0 aliphatic rings. The first-order valence-corrected chi connectivity index (χ1v) is 7.23. The lowest BCUT2D eigenvalue weighted by Crippen LogP contribution is -2.17. The van der Waals surface area contributed by atoms with Crippen molar-refractivity contribution in [2.75, 3.05) is 13.2 Å². The molecule has 0 radical (unpaired) electrons. The Morgan fingerprint density at radius 2 is 1.67 bits per heavy atom. The summed E-state index contributed by atoms with van der Waals surface area (Å²) in [7, 11) is 0. The Morgan fingerprint density at radius 3 is 2.24 bits per heavy atom. The van der Waals surface area contributed by atoms with Gasteiger partial charge in [-0.25, -0.2) is 4.79 Å². The van der Waals surface area contributed by atoms with Crippen LogP contribution in [-0.2, 0) is 14.3 Å². The van der Waals surface area contributed by atoms with Crippen LogP contribution in [0.5, 0.6) is 0 Å². The molecule has 21 heavy (non-hydrogen) atoms. The zero-order valence-electron chi connectivity index (χ0n) is 11.4. The van der Waals surface area contributed by atoms with E-state index in [0.29, 0.717) is 6.61 Å². The quantitative estimate of drug-likeness (QED) is 0.146. The van der Waals surface area contributed by atoms with Gasteiger partial charge in [0, 0.05) is 5.56 Å². The van der Waals surface area contributed by atoms with Gasteiger partial charge < -0.3 is 9.47 Å². The number of halogens is 3. The van der Waals surface area contributed by atoms with Crippen molar-refractivity contribution in [2.24, 2.45) is 0 Å². The fourth-order valence-electron chi connectivity index (χ4n) is 1.41. The number of esters is 1. The minimum Gasteiger partial charge on any atom is -0.500 e. The Kier molecular flexibility index (Phi) is 7.02. The van der Waals surface area contributed by atoms with Crippen molar-refractivity contribution in [3.63, 3.8) is 0 Å². The van der Waals surface area contributed by atoms with Crippen LogP contribution in [0.1, 0.15) is 24.2 Å². The summed E-state index contributed by atoms with van der Waals surface area (Å²) in [6.45, 7) is 3.78. The number of carbonyl (C=O) groups excluding carboxylic acids is 2. The monoisotopic (exact) mass is 350 g/mol. The maximum Gasteiger partial charge on any atom is 0.345 e. The van der Waals surface area contributed by atoms with Gasteiger partial charge in [0.25, 0.3) is 0 Å². The van der Waals surface area contributed by atoms with Crippen molar-refractivity contribution in [2.45, 2.75) is 13.8 Å². The van der Waals surface area contributed by atoms with Crippen LogP contribution in [0.4, 0.5) is 0 Å². The van der Waals surface area contributed by atoms with E-state index in [1.807, 2.05) is 0 Å². The van der Waals surface area contributed by atoms with E-state index in [-0.39, 0.29) is 32.8 Å². The summed E-state index contributed by atoms with van der Waals surface area (Å²) in [5.41, 5.74) is -0.218. The number of Topliss-reactive ketones (excluding diaryl/α,β-unsaturated/α-hetero) is 1. The molecule has 0 heterocycles. The highest BCUT2D eigenvalue weighted by Crippen LogP contribution is 2.30. The van der Waals surface area contributed by atoms with E-state index >= 15 is 0 Å². The topological polar surface area (TPSA) is 52.6 Å². The fourth-order valence-corrected chi connectivity index (χ4v) is 2.04. The predicted molar refractivity (Wildman–Crippen MR) is 82.1 cm³/mol. The largest absolute Gasteiger partial charge is 0.500 e.